The summed E-state index contributed by atoms with van der Waals surface area (Å²) in [6.45, 7) is 3.19. The van der Waals surface area contributed by atoms with Crippen LogP contribution in [0.15, 0.2) is 41.3 Å². The Morgan fingerprint density at radius 1 is 1.29 bits per heavy atom. The summed E-state index contributed by atoms with van der Waals surface area (Å²) in [7, 11) is 0. The summed E-state index contributed by atoms with van der Waals surface area (Å²) >= 11 is 0. The molecule has 0 saturated carbocycles. The summed E-state index contributed by atoms with van der Waals surface area (Å²) in [4.78, 5) is 51.5. The Labute approximate surface area is 174 Å². The molecule has 0 saturated heterocycles. The number of benzene rings is 1. The lowest BCUT2D eigenvalue weighted by Gasteiger charge is -2.11. The largest absolute Gasteiger partial charge is 0.452 e. The van der Waals surface area contributed by atoms with Crippen LogP contribution in [-0.2, 0) is 16.1 Å². The minimum atomic E-state index is -1.04. The molecule has 0 unspecified atom stereocenters. The second kappa shape index (κ2) is 8.69. The fraction of sp³-hybridized carbons (Fsp3) is 0.200. The van der Waals surface area contributed by atoms with Gasteiger partial charge in [0.1, 0.15) is 17.0 Å². The first-order chi connectivity index (χ1) is 14.7. The maximum atomic E-state index is 13.8. The van der Waals surface area contributed by atoms with E-state index in [1.165, 1.54) is 6.20 Å². The smallest absolute Gasteiger partial charge is 0.344 e. The normalized spacial score (nSPS) is 10.7. The fourth-order valence-corrected chi connectivity index (χ4v) is 2.86. The lowest BCUT2D eigenvalue weighted by Crippen LogP contribution is -2.25. The minimum Gasteiger partial charge on any atom is -0.452 e. The number of nitro benzene ring substituents is 1. The number of halogens is 1. The van der Waals surface area contributed by atoms with Crippen LogP contribution < -0.4 is 10.7 Å². The molecule has 1 aromatic carbocycles. The van der Waals surface area contributed by atoms with Crippen LogP contribution in [0, 0.1) is 22.9 Å². The highest BCUT2D eigenvalue weighted by molar-refractivity contribution is 5.97. The Bertz CT molecular complexity index is 1270. The topological polar surface area (TPSA) is 133 Å². The van der Waals surface area contributed by atoms with E-state index in [1.807, 2.05) is 6.92 Å². The van der Waals surface area contributed by atoms with Crippen molar-refractivity contribution in [1.29, 1.82) is 0 Å². The van der Waals surface area contributed by atoms with Gasteiger partial charge in [0.25, 0.3) is 11.6 Å². The summed E-state index contributed by atoms with van der Waals surface area (Å²) in [5.41, 5.74) is -0.612. The van der Waals surface area contributed by atoms with E-state index >= 15 is 0 Å². The zero-order valence-electron chi connectivity index (χ0n) is 16.5. The zero-order chi connectivity index (χ0) is 22.7. The van der Waals surface area contributed by atoms with Crippen molar-refractivity contribution in [3.63, 3.8) is 0 Å². The van der Waals surface area contributed by atoms with Crippen molar-refractivity contribution in [2.75, 3.05) is 11.9 Å². The third-order valence-electron chi connectivity index (χ3n) is 4.39. The molecule has 0 aliphatic heterocycles. The molecule has 0 fully saturated rings. The summed E-state index contributed by atoms with van der Waals surface area (Å²) < 4.78 is 20.3. The summed E-state index contributed by atoms with van der Waals surface area (Å²) in [6.07, 6.45) is 1.30. The number of non-ortho nitro benzene ring substituents is 1. The number of nitro groups is 1. The first kappa shape index (κ1) is 21.6. The predicted octanol–water partition coefficient (Wildman–Crippen LogP) is 2.57. The van der Waals surface area contributed by atoms with Crippen molar-refractivity contribution in [1.82, 2.24) is 9.55 Å². The van der Waals surface area contributed by atoms with E-state index in [4.69, 9.17) is 4.74 Å². The molecule has 1 N–H and O–H groups in total. The molecule has 0 aliphatic carbocycles. The summed E-state index contributed by atoms with van der Waals surface area (Å²) in [6, 6.07) is 5.81. The van der Waals surface area contributed by atoms with Gasteiger partial charge in [0.05, 0.1) is 16.0 Å². The number of carbonyl (C=O) groups excluding carboxylic acids is 2. The third kappa shape index (κ3) is 4.55. The molecular weight excluding hydrogens is 411 g/mol. The average molecular weight is 428 g/mol. The molecule has 0 spiro atoms. The lowest BCUT2D eigenvalue weighted by molar-refractivity contribution is -0.384. The van der Waals surface area contributed by atoms with E-state index in [0.29, 0.717) is 17.9 Å². The van der Waals surface area contributed by atoms with Crippen molar-refractivity contribution >= 4 is 34.3 Å². The molecular formula is C20H17FN4O6. The Hall–Kier alpha value is -4.15. The van der Waals surface area contributed by atoms with Crippen LogP contribution in [0.1, 0.15) is 23.0 Å². The molecule has 3 rings (SSSR count). The van der Waals surface area contributed by atoms with Gasteiger partial charge >= 0.3 is 5.97 Å². The molecule has 1 amide bonds. The second-order valence-electron chi connectivity index (χ2n) is 6.53. The molecule has 160 valence electrons. The van der Waals surface area contributed by atoms with Gasteiger partial charge in [0.15, 0.2) is 6.61 Å². The highest BCUT2D eigenvalue weighted by Crippen LogP contribution is 2.21. The van der Waals surface area contributed by atoms with E-state index in [-0.39, 0.29) is 10.9 Å². The molecule has 3 aromatic rings. The van der Waals surface area contributed by atoms with Crippen LogP contribution in [0.2, 0.25) is 0 Å². The van der Waals surface area contributed by atoms with E-state index in [9.17, 15) is 28.9 Å². The number of carbonyl (C=O) groups is 2. The van der Waals surface area contributed by atoms with E-state index in [2.05, 4.69) is 10.3 Å². The predicted molar refractivity (Wildman–Crippen MR) is 108 cm³/mol. The van der Waals surface area contributed by atoms with Gasteiger partial charge in [-0.25, -0.2) is 14.2 Å². The summed E-state index contributed by atoms with van der Waals surface area (Å²) in [5, 5.41) is 13.1. The monoisotopic (exact) mass is 428 g/mol. The Kier molecular flexibility index (Phi) is 6.05. The van der Waals surface area contributed by atoms with Gasteiger partial charge < -0.3 is 14.6 Å². The third-order valence-corrected chi connectivity index (χ3v) is 4.39. The number of rotatable bonds is 6. The lowest BCUT2D eigenvalue weighted by atomic mass is 10.2. The van der Waals surface area contributed by atoms with Crippen molar-refractivity contribution in [3.8, 4) is 0 Å². The van der Waals surface area contributed by atoms with Crippen molar-refractivity contribution < 1.29 is 23.6 Å². The van der Waals surface area contributed by atoms with Crippen LogP contribution in [0.5, 0.6) is 0 Å². The quantitative estimate of drug-likeness (QED) is 0.362. The van der Waals surface area contributed by atoms with Crippen LogP contribution in [0.4, 0.5) is 15.8 Å². The van der Waals surface area contributed by atoms with Crippen molar-refractivity contribution in [2.45, 2.75) is 20.4 Å². The van der Waals surface area contributed by atoms with E-state index in [1.54, 1.807) is 23.6 Å². The number of nitrogens with one attached hydrogen (secondary N) is 1. The van der Waals surface area contributed by atoms with Gasteiger partial charge in [-0.1, -0.05) is 0 Å². The van der Waals surface area contributed by atoms with Gasteiger partial charge in [-0.05, 0) is 32.0 Å². The minimum absolute atomic E-state index is 0.227. The molecule has 0 bridgehead atoms. The number of esters is 1. The molecule has 0 atom stereocenters. The number of anilines is 1. The molecule has 2 heterocycles. The standard InChI is InChI=1S/C20H17FN4O6/c1-3-24-9-14(18(27)13-6-4-11(2)22-19(13)24)20(28)31-10-17(26)23-16-8-12(25(29)30)5-7-15(16)21/h4-9H,3,10H2,1-2H3,(H,23,26). The van der Waals surface area contributed by atoms with Crippen molar-refractivity contribution in [2.24, 2.45) is 0 Å². The Morgan fingerprint density at radius 2 is 2.03 bits per heavy atom. The maximum absolute atomic E-state index is 13.8. The van der Waals surface area contributed by atoms with Crippen LogP contribution in [0.25, 0.3) is 11.0 Å². The number of nitrogens with zero attached hydrogens (tertiary/aromatic N) is 3. The van der Waals surface area contributed by atoms with Gasteiger partial charge in [0.2, 0.25) is 5.43 Å². The number of hydrogen-bond acceptors (Lipinski definition) is 7. The number of aryl methyl sites for hydroxylation is 2. The average Bonchev–Trinajstić information content (AvgIpc) is 2.73. The Morgan fingerprint density at radius 3 is 2.71 bits per heavy atom. The second-order valence-corrected chi connectivity index (χ2v) is 6.53. The number of amides is 1. The molecule has 11 heteroatoms. The summed E-state index contributed by atoms with van der Waals surface area (Å²) in [5.74, 6) is -2.86. The SMILES string of the molecule is CCn1cc(C(=O)OCC(=O)Nc2cc([N+](=O)[O-])ccc2F)c(=O)c2ccc(C)nc21. The van der Waals surface area contributed by atoms with Gasteiger partial charge in [-0.2, -0.15) is 0 Å². The number of ether oxygens (including phenoxy) is 1. The molecule has 2 aromatic heterocycles. The number of aromatic nitrogens is 2. The fourth-order valence-electron chi connectivity index (χ4n) is 2.86. The number of fused-ring (bicyclic) bond motifs is 1. The van der Waals surface area contributed by atoms with E-state index < -0.39 is 46.0 Å². The first-order valence-corrected chi connectivity index (χ1v) is 9.13. The van der Waals surface area contributed by atoms with Gasteiger partial charge in [-0.15, -0.1) is 0 Å². The highest BCUT2D eigenvalue weighted by Gasteiger charge is 2.19. The molecule has 10 nitrogen and oxygen atoms in total. The van der Waals surface area contributed by atoms with Crippen LogP contribution >= 0.6 is 0 Å². The highest BCUT2D eigenvalue weighted by atomic mass is 19.1. The number of hydrogen-bond donors (Lipinski definition) is 1. The molecule has 0 radical (unpaired) electrons. The number of pyridine rings is 2. The molecule has 31 heavy (non-hydrogen) atoms. The van der Waals surface area contributed by atoms with E-state index in [0.717, 1.165) is 18.2 Å². The molecule has 0 aliphatic rings. The first-order valence-electron chi connectivity index (χ1n) is 9.13. The van der Waals surface area contributed by atoms with Crippen molar-refractivity contribution in [3.05, 3.63) is 73.9 Å². The zero-order valence-corrected chi connectivity index (χ0v) is 16.5. The Balaban J connectivity index is 1.77. The van der Waals surface area contributed by atoms with Gasteiger partial charge in [-0.3, -0.25) is 19.7 Å². The van der Waals surface area contributed by atoms with Gasteiger partial charge in [0, 0.05) is 30.6 Å². The maximum Gasteiger partial charge on any atom is 0.344 e. The van der Waals surface area contributed by atoms with Crippen LogP contribution in [-0.4, -0.2) is 33.0 Å². The van der Waals surface area contributed by atoms with Crippen LogP contribution in [0.3, 0.4) is 0 Å².